The lowest BCUT2D eigenvalue weighted by Gasteiger charge is -2.28. The smallest absolute Gasteiger partial charge is 0.261 e. The van der Waals surface area contributed by atoms with Crippen LogP contribution in [-0.4, -0.2) is 43.4 Å². The first-order valence-corrected chi connectivity index (χ1v) is 14.3. The second-order valence-electron chi connectivity index (χ2n) is 8.14. The summed E-state index contributed by atoms with van der Waals surface area (Å²) in [5.41, 5.74) is 2.67. The molecule has 0 saturated carbocycles. The average molecular weight is 630 g/mol. The Morgan fingerprint density at radius 3 is 2.35 bits per heavy atom. The zero-order chi connectivity index (χ0) is 24.3. The Morgan fingerprint density at radius 1 is 1.03 bits per heavy atom. The number of carbonyl (C=O) groups excluding carboxylic acids is 1. The Bertz CT molecular complexity index is 1280. The lowest BCUT2D eigenvalue weighted by atomic mass is 10.0. The maximum absolute atomic E-state index is 13.1. The highest BCUT2D eigenvalue weighted by Crippen LogP contribution is 2.31. The van der Waals surface area contributed by atoms with Crippen molar-refractivity contribution in [1.82, 2.24) is 4.90 Å². The molecule has 0 aromatic heterocycles. The van der Waals surface area contributed by atoms with Crippen LogP contribution in [0.3, 0.4) is 0 Å². The third kappa shape index (κ3) is 6.44. The summed E-state index contributed by atoms with van der Waals surface area (Å²) in [5, 5.41) is 1.12. The second kappa shape index (κ2) is 10.8. The molecule has 1 aliphatic rings. The predicted octanol–water partition coefficient (Wildman–Crippen LogP) is 5.86. The molecule has 3 aromatic rings. The van der Waals surface area contributed by atoms with E-state index in [1.54, 1.807) is 29.2 Å². The lowest BCUT2D eigenvalue weighted by Crippen LogP contribution is -2.43. The fourth-order valence-electron chi connectivity index (χ4n) is 3.91. The van der Waals surface area contributed by atoms with Crippen molar-refractivity contribution in [1.29, 1.82) is 0 Å². The van der Waals surface area contributed by atoms with Crippen molar-refractivity contribution >= 4 is 61.5 Å². The van der Waals surface area contributed by atoms with Gasteiger partial charge in [-0.2, -0.15) is 0 Å². The van der Waals surface area contributed by atoms with Crippen molar-refractivity contribution in [3.8, 4) is 16.9 Å². The first-order chi connectivity index (χ1) is 16.2. The molecule has 1 amide bonds. The summed E-state index contributed by atoms with van der Waals surface area (Å²) < 4.78 is 30.9. The minimum absolute atomic E-state index is 0.0270. The highest BCUT2D eigenvalue weighted by molar-refractivity contribution is 14.1. The Kier molecular flexibility index (Phi) is 8.07. The van der Waals surface area contributed by atoms with E-state index in [0.717, 1.165) is 20.3 Å². The monoisotopic (exact) mass is 629 g/mol. The molecule has 0 radical (unpaired) electrons. The van der Waals surface area contributed by atoms with Gasteiger partial charge in [0.2, 0.25) is 0 Å². The summed E-state index contributed by atoms with van der Waals surface area (Å²) in [4.78, 5) is 14.8. The van der Waals surface area contributed by atoms with E-state index < -0.39 is 9.84 Å². The molecule has 1 fully saturated rings. The quantitative estimate of drug-likeness (QED) is 0.307. The molecular formula is C25H22Cl2INO4S. The number of rotatable bonds is 7. The maximum atomic E-state index is 13.1. The van der Waals surface area contributed by atoms with Crippen molar-refractivity contribution < 1.29 is 17.9 Å². The van der Waals surface area contributed by atoms with Crippen LogP contribution in [0.2, 0.25) is 10.0 Å². The van der Waals surface area contributed by atoms with Crippen molar-refractivity contribution in [2.75, 3.05) is 18.1 Å². The fraction of sp³-hybridized carbons (Fsp3) is 0.240. The van der Waals surface area contributed by atoms with Crippen LogP contribution in [0.4, 0.5) is 0 Å². The molecule has 0 N–H and O–H groups in total. The van der Waals surface area contributed by atoms with Gasteiger partial charge in [-0.25, -0.2) is 8.42 Å². The van der Waals surface area contributed by atoms with Crippen LogP contribution in [0.5, 0.6) is 5.75 Å². The Hall–Kier alpha value is -1.81. The molecule has 0 bridgehead atoms. The molecular weight excluding hydrogens is 608 g/mol. The third-order valence-electron chi connectivity index (χ3n) is 5.69. The molecule has 5 nitrogen and oxygen atoms in total. The standard InChI is InChI=1S/C25H22Cl2INO4S/c26-19-5-10-23(24(27)13-19)18-3-1-17(2-4-18)14-29(21-11-12-34(31,32)16-21)25(30)15-33-22-8-6-20(28)7-9-22/h1-10,13,21H,11-12,14-16H2. The minimum atomic E-state index is -3.15. The van der Waals surface area contributed by atoms with Gasteiger partial charge in [0.05, 0.1) is 11.5 Å². The number of ether oxygens (including phenoxy) is 1. The second-order valence-corrected chi connectivity index (χ2v) is 12.5. The van der Waals surface area contributed by atoms with Gasteiger partial charge >= 0.3 is 0 Å². The number of halogens is 3. The van der Waals surface area contributed by atoms with E-state index in [-0.39, 0.29) is 30.1 Å². The normalized spacial score (nSPS) is 16.9. The molecule has 0 aliphatic carbocycles. The van der Waals surface area contributed by atoms with Crippen LogP contribution in [0, 0.1) is 3.57 Å². The first-order valence-electron chi connectivity index (χ1n) is 10.6. The highest BCUT2D eigenvalue weighted by atomic mass is 127. The van der Waals surface area contributed by atoms with Crippen LogP contribution in [0.1, 0.15) is 12.0 Å². The Labute approximate surface area is 223 Å². The average Bonchev–Trinajstić information content (AvgIpc) is 3.17. The van der Waals surface area contributed by atoms with Crippen LogP contribution < -0.4 is 4.74 Å². The minimum Gasteiger partial charge on any atom is -0.484 e. The van der Waals surface area contributed by atoms with Crippen molar-refractivity contribution in [3.05, 3.63) is 85.9 Å². The molecule has 1 unspecified atom stereocenters. The van der Waals surface area contributed by atoms with E-state index in [4.69, 9.17) is 27.9 Å². The highest BCUT2D eigenvalue weighted by Gasteiger charge is 2.34. The van der Waals surface area contributed by atoms with Crippen LogP contribution in [0.25, 0.3) is 11.1 Å². The van der Waals surface area contributed by atoms with Gasteiger partial charge in [0, 0.05) is 31.8 Å². The van der Waals surface area contributed by atoms with Gasteiger partial charge < -0.3 is 9.64 Å². The first kappa shape index (κ1) is 25.3. The number of hydrogen-bond donors (Lipinski definition) is 0. The van der Waals surface area contributed by atoms with E-state index >= 15 is 0 Å². The van der Waals surface area contributed by atoms with E-state index in [1.807, 2.05) is 42.5 Å². The van der Waals surface area contributed by atoms with E-state index in [1.165, 1.54) is 0 Å². The van der Waals surface area contributed by atoms with Gasteiger partial charge in [0.15, 0.2) is 16.4 Å². The number of nitrogens with zero attached hydrogens (tertiary/aromatic N) is 1. The van der Waals surface area contributed by atoms with Crippen LogP contribution in [0.15, 0.2) is 66.7 Å². The van der Waals surface area contributed by atoms with E-state index in [2.05, 4.69) is 22.6 Å². The number of benzene rings is 3. The zero-order valence-corrected chi connectivity index (χ0v) is 22.6. The topological polar surface area (TPSA) is 63.7 Å². The SMILES string of the molecule is O=C(COc1ccc(I)cc1)N(Cc1ccc(-c2ccc(Cl)cc2Cl)cc1)C1CCS(=O)(=O)C1. The van der Waals surface area contributed by atoms with Crippen LogP contribution >= 0.6 is 45.8 Å². The molecule has 1 atom stereocenters. The third-order valence-corrected chi connectivity index (χ3v) is 8.71. The summed E-state index contributed by atoms with van der Waals surface area (Å²) >= 11 is 14.5. The Balaban J connectivity index is 1.50. The van der Waals surface area contributed by atoms with Crippen molar-refractivity contribution in [2.24, 2.45) is 0 Å². The summed E-state index contributed by atoms with van der Waals surface area (Å²) in [6.45, 7) is 0.138. The largest absolute Gasteiger partial charge is 0.484 e. The molecule has 1 aliphatic heterocycles. The summed E-state index contributed by atoms with van der Waals surface area (Å²) in [5.74, 6) is 0.413. The van der Waals surface area contributed by atoms with Crippen LogP contribution in [-0.2, 0) is 21.2 Å². The molecule has 1 saturated heterocycles. The summed E-state index contributed by atoms with van der Waals surface area (Å²) in [6.07, 6.45) is 0.427. The zero-order valence-electron chi connectivity index (χ0n) is 18.1. The molecule has 3 aromatic carbocycles. The molecule has 1 heterocycles. The molecule has 0 spiro atoms. The van der Waals surface area contributed by atoms with Gasteiger partial charge in [0.25, 0.3) is 5.91 Å². The van der Waals surface area contributed by atoms with Crippen molar-refractivity contribution in [3.63, 3.8) is 0 Å². The molecule has 4 rings (SSSR count). The van der Waals surface area contributed by atoms with E-state index in [0.29, 0.717) is 28.8 Å². The van der Waals surface area contributed by atoms with Gasteiger partial charge in [0.1, 0.15) is 5.75 Å². The number of carbonyl (C=O) groups is 1. The van der Waals surface area contributed by atoms with Gasteiger partial charge in [-0.15, -0.1) is 0 Å². The summed E-state index contributed by atoms with van der Waals surface area (Å²) in [7, 11) is -3.15. The molecule has 178 valence electrons. The van der Waals surface area contributed by atoms with Gasteiger partial charge in [-0.3, -0.25) is 4.79 Å². The predicted molar refractivity (Wildman–Crippen MR) is 144 cm³/mol. The van der Waals surface area contributed by atoms with Gasteiger partial charge in [-0.1, -0.05) is 53.5 Å². The van der Waals surface area contributed by atoms with Crippen molar-refractivity contribution in [2.45, 2.75) is 19.0 Å². The number of hydrogen-bond acceptors (Lipinski definition) is 4. The fourth-order valence-corrected chi connectivity index (χ4v) is 6.52. The molecule has 9 heteroatoms. The van der Waals surface area contributed by atoms with E-state index in [9.17, 15) is 13.2 Å². The maximum Gasteiger partial charge on any atom is 0.261 e. The number of sulfone groups is 1. The Morgan fingerprint density at radius 2 is 1.74 bits per heavy atom. The lowest BCUT2D eigenvalue weighted by molar-refractivity contribution is -0.136. The molecule has 34 heavy (non-hydrogen) atoms. The van der Waals surface area contributed by atoms with Gasteiger partial charge in [-0.05, 0) is 76.5 Å². The number of amides is 1. The summed E-state index contributed by atoms with van der Waals surface area (Å²) in [6, 6.07) is 20.1.